The van der Waals surface area contributed by atoms with Crippen LogP contribution in [0, 0.1) is 15.9 Å². The van der Waals surface area contributed by atoms with Crippen LogP contribution in [-0.2, 0) is 16.2 Å². The number of nitrogens with one attached hydrogen (secondary N) is 1. The fourth-order valence-corrected chi connectivity index (χ4v) is 4.06. The summed E-state index contributed by atoms with van der Waals surface area (Å²) in [5.74, 6) is -1.55. The lowest BCUT2D eigenvalue weighted by atomic mass is 10.1. The minimum absolute atomic E-state index is 0.0507. The molecule has 37 heavy (non-hydrogen) atoms. The van der Waals surface area contributed by atoms with Crippen LogP contribution in [-0.4, -0.2) is 29.9 Å². The Balaban J connectivity index is 1.62. The number of nitrogens with zero attached hydrogens (tertiary/aromatic N) is 2. The van der Waals surface area contributed by atoms with Crippen LogP contribution < -0.4 is 19.7 Å². The van der Waals surface area contributed by atoms with Gasteiger partial charge < -0.3 is 9.47 Å². The molecule has 0 spiro atoms. The Morgan fingerprint density at radius 1 is 1.08 bits per heavy atom. The van der Waals surface area contributed by atoms with Crippen LogP contribution in [0.5, 0.6) is 11.5 Å². The molecule has 4 rings (SSSR count). The third-order valence-corrected chi connectivity index (χ3v) is 5.87. The zero-order valence-corrected chi connectivity index (χ0v) is 20.7. The van der Waals surface area contributed by atoms with Gasteiger partial charge in [-0.15, -0.1) is 0 Å². The molecule has 0 unspecified atom stereocenters. The number of nitro benzene ring substituents is 1. The molecule has 1 aliphatic rings. The average Bonchev–Trinajstić information content (AvgIpc) is 2.86. The maximum atomic E-state index is 13.1. The van der Waals surface area contributed by atoms with E-state index in [1.54, 1.807) is 18.2 Å². The quantitative estimate of drug-likeness (QED) is 0.188. The number of amides is 4. The Morgan fingerprint density at radius 3 is 2.38 bits per heavy atom. The van der Waals surface area contributed by atoms with Gasteiger partial charge in [-0.2, -0.15) is 0 Å². The molecule has 0 atom stereocenters. The maximum absolute atomic E-state index is 13.1. The number of hydrogen-bond donors (Lipinski definition) is 1. The van der Waals surface area contributed by atoms with E-state index in [0.29, 0.717) is 20.7 Å². The summed E-state index contributed by atoms with van der Waals surface area (Å²) in [6.45, 7) is 0.128. The summed E-state index contributed by atoms with van der Waals surface area (Å²) in [5, 5.41) is 13.0. The van der Waals surface area contributed by atoms with Crippen molar-refractivity contribution in [2.75, 3.05) is 12.0 Å². The normalized spacial score (nSPS) is 14.5. The number of barbiturate groups is 1. The molecule has 0 radical (unpaired) electrons. The number of imide groups is 2. The number of ether oxygens (including phenoxy) is 2. The van der Waals surface area contributed by atoms with Gasteiger partial charge in [-0.25, -0.2) is 14.1 Å². The standard InChI is InChI=1S/C25H17BrFN3O7/c1-36-21-12-15(11-20(26)22(21)37-13-14-2-4-16(27)5-3-14)10-19-23(31)28-25(33)29(24(19)32)17-6-8-18(9-7-17)30(34)35/h2-12H,13H2,1H3,(H,28,31,33)/b19-10+. The number of carbonyl (C=O) groups excluding carboxylic acids is 3. The van der Waals surface area contributed by atoms with E-state index in [9.17, 15) is 28.9 Å². The molecule has 1 N–H and O–H groups in total. The SMILES string of the molecule is COc1cc(/C=C2\C(=O)NC(=O)N(c3ccc([N+](=O)[O-])cc3)C2=O)cc(Br)c1OCc1ccc(F)cc1. The lowest BCUT2D eigenvalue weighted by Crippen LogP contribution is -2.54. The molecule has 3 aromatic rings. The Labute approximate surface area is 217 Å². The van der Waals surface area contributed by atoms with Gasteiger partial charge in [0.25, 0.3) is 17.5 Å². The van der Waals surface area contributed by atoms with Crippen LogP contribution in [0.15, 0.2) is 70.7 Å². The van der Waals surface area contributed by atoms with Crippen molar-refractivity contribution in [3.05, 3.63) is 97.8 Å². The zero-order chi connectivity index (χ0) is 26.7. The molecule has 12 heteroatoms. The van der Waals surface area contributed by atoms with Crippen molar-refractivity contribution in [3.8, 4) is 11.5 Å². The van der Waals surface area contributed by atoms with Gasteiger partial charge in [0.15, 0.2) is 11.5 Å². The van der Waals surface area contributed by atoms with E-state index in [1.807, 2.05) is 0 Å². The molecule has 0 bridgehead atoms. The first-order valence-electron chi connectivity index (χ1n) is 10.6. The zero-order valence-electron chi connectivity index (χ0n) is 19.1. The highest BCUT2D eigenvalue weighted by atomic mass is 79.9. The highest BCUT2D eigenvalue weighted by Crippen LogP contribution is 2.38. The van der Waals surface area contributed by atoms with Crippen molar-refractivity contribution in [1.29, 1.82) is 0 Å². The number of urea groups is 1. The molecule has 1 fully saturated rings. The molecule has 1 saturated heterocycles. The molecular weight excluding hydrogens is 553 g/mol. The maximum Gasteiger partial charge on any atom is 0.335 e. The summed E-state index contributed by atoms with van der Waals surface area (Å²) in [5.41, 5.74) is 0.595. The topological polar surface area (TPSA) is 128 Å². The summed E-state index contributed by atoms with van der Waals surface area (Å²) >= 11 is 3.40. The van der Waals surface area contributed by atoms with E-state index < -0.39 is 22.8 Å². The molecule has 4 amide bonds. The lowest BCUT2D eigenvalue weighted by Gasteiger charge is -2.26. The second-order valence-electron chi connectivity index (χ2n) is 7.68. The Kier molecular flexibility index (Phi) is 7.30. The number of non-ortho nitro benzene ring substituents is 1. The van der Waals surface area contributed by atoms with E-state index in [2.05, 4.69) is 21.2 Å². The first-order chi connectivity index (χ1) is 17.7. The minimum Gasteiger partial charge on any atom is -0.493 e. The monoisotopic (exact) mass is 569 g/mol. The van der Waals surface area contributed by atoms with Crippen LogP contribution >= 0.6 is 15.9 Å². The third-order valence-electron chi connectivity index (χ3n) is 5.28. The highest BCUT2D eigenvalue weighted by Gasteiger charge is 2.37. The molecule has 0 aliphatic carbocycles. The van der Waals surface area contributed by atoms with E-state index in [0.717, 1.165) is 17.7 Å². The summed E-state index contributed by atoms with van der Waals surface area (Å²) in [4.78, 5) is 49.0. The third kappa shape index (κ3) is 5.48. The van der Waals surface area contributed by atoms with Crippen molar-refractivity contribution in [1.82, 2.24) is 5.32 Å². The van der Waals surface area contributed by atoms with Crippen molar-refractivity contribution in [3.63, 3.8) is 0 Å². The predicted octanol–water partition coefficient (Wildman–Crippen LogP) is 4.75. The van der Waals surface area contributed by atoms with Crippen LogP contribution in [0.25, 0.3) is 6.08 Å². The minimum atomic E-state index is -0.982. The smallest absolute Gasteiger partial charge is 0.335 e. The van der Waals surface area contributed by atoms with E-state index >= 15 is 0 Å². The van der Waals surface area contributed by atoms with Crippen molar-refractivity contribution in [2.45, 2.75) is 6.61 Å². The summed E-state index contributed by atoms with van der Waals surface area (Å²) < 4.78 is 24.8. The molecule has 0 aromatic heterocycles. The van der Waals surface area contributed by atoms with Gasteiger partial charge in [-0.05, 0) is 69.5 Å². The van der Waals surface area contributed by atoms with Gasteiger partial charge in [-0.1, -0.05) is 12.1 Å². The molecule has 188 valence electrons. The molecule has 0 saturated carbocycles. The van der Waals surface area contributed by atoms with Gasteiger partial charge in [0.2, 0.25) is 0 Å². The number of hydrogen-bond acceptors (Lipinski definition) is 7. The van der Waals surface area contributed by atoms with Gasteiger partial charge in [-0.3, -0.25) is 25.0 Å². The largest absolute Gasteiger partial charge is 0.493 e. The number of benzene rings is 3. The second kappa shape index (κ2) is 10.6. The van der Waals surface area contributed by atoms with Crippen LogP contribution in [0.3, 0.4) is 0 Å². The molecular formula is C25H17BrFN3O7. The highest BCUT2D eigenvalue weighted by molar-refractivity contribution is 9.10. The summed E-state index contributed by atoms with van der Waals surface area (Å²) in [7, 11) is 1.41. The van der Waals surface area contributed by atoms with Gasteiger partial charge in [0, 0.05) is 12.1 Å². The summed E-state index contributed by atoms with van der Waals surface area (Å²) in [6.07, 6.45) is 1.28. The molecule has 3 aromatic carbocycles. The fourth-order valence-electron chi connectivity index (χ4n) is 3.48. The molecule has 1 aliphatic heterocycles. The lowest BCUT2D eigenvalue weighted by molar-refractivity contribution is -0.384. The van der Waals surface area contributed by atoms with E-state index in [4.69, 9.17) is 9.47 Å². The van der Waals surface area contributed by atoms with E-state index in [1.165, 1.54) is 43.5 Å². The van der Waals surface area contributed by atoms with E-state index in [-0.39, 0.29) is 35.1 Å². The first-order valence-corrected chi connectivity index (χ1v) is 11.4. The van der Waals surface area contributed by atoms with Gasteiger partial charge in [0.1, 0.15) is 18.0 Å². The predicted molar refractivity (Wildman–Crippen MR) is 134 cm³/mol. The number of methoxy groups -OCH3 is 1. The van der Waals surface area contributed by atoms with Crippen molar-refractivity contribution in [2.24, 2.45) is 0 Å². The van der Waals surface area contributed by atoms with Crippen LogP contribution in [0.1, 0.15) is 11.1 Å². The van der Waals surface area contributed by atoms with Crippen LogP contribution in [0.2, 0.25) is 0 Å². The first kappa shape index (κ1) is 25.5. The second-order valence-corrected chi connectivity index (χ2v) is 8.53. The number of nitro groups is 1. The Bertz CT molecular complexity index is 1440. The van der Waals surface area contributed by atoms with Crippen molar-refractivity contribution >= 4 is 51.2 Å². The fraction of sp³-hybridized carbons (Fsp3) is 0.0800. The molecule has 1 heterocycles. The average molecular weight is 570 g/mol. The number of halogens is 2. The Hall–Kier alpha value is -4.58. The summed E-state index contributed by atoms with van der Waals surface area (Å²) in [6, 6.07) is 12.7. The number of carbonyl (C=O) groups is 3. The van der Waals surface area contributed by atoms with Gasteiger partial charge in [0.05, 0.1) is 22.2 Å². The van der Waals surface area contributed by atoms with Gasteiger partial charge >= 0.3 is 6.03 Å². The Morgan fingerprint density at radius 2 is 1.76 bits per heavy atom. The number of anilines is 1. The number of rotatable bonds is 7. The van der Waals surface area contributed by atoms with Crippen LogP contribution in [0.4, 0.5) is 20.6 Å². The van der Waals surface area contributed by atoms with Crippen molar-refractivity contribution < 1.29 is 33.2 Å². The molecule has 10 nitrogen and oxygen atoms in total.